The van der Waals surface area contributed by atoms with E-state index >= 15 is 0 Å². The molecule has 31 heavy (non-hydrogen) atoms. The average Bonchev–Trinajstić information content (AvgIpc) is 2.58. The molecule has 0 aromatic carbocycles. The van der Waals surface area contributed by atoms with Gasteiger partial charge in [-0.2, -0.15) is 0 Å². The van der Waals surface area contributed by atoms with Crippen LogP contribution in [-0.2, 0) is 23.8 Å². The lowest BCUT2D eigenvalue weighted by Crippen LogP contribution is -2.35. The van der Waals surface area contributed by atoms with E-state index in [9.17, 15) is 0 Å². The first kappa shape index (κ1) is 27.3. The maximum atomic E-state index is 4.53. The standard InChI is InChI=1S/C14H24N2.C14H23N/c1-13(2,3)12-8-7-11(9-15-12)10-16-14(4,5)6;1-13(2,3)9-11-7-8-12(15-10-11)14(4,5)6/h7-9,16H,10H2,1-6H3;7-8,10H,9H2,1-6H3. The molecule has 0 aliphatic rings. The van der Waals surface area contributed by atoms with Crippen LogP contribution in [0.2, 0.25) is 0 Å². The van der Waals surface area contributed by atoms with Crippen LogP contribution in [0.4, 0.5) is 0 Å². The maximum Gasteiger partial charge on any atom is 0.0457 e. The Balaban J connectivity index is 0.000000311. The molecule has 2 aromatic heterocycles. The Morgan fingerprint density at radius 3 is 1.32 bits per heavy atom. The molecule has 0 aliphatic carbocycles. The fourth-order valence-electron chi connectivity index (χ4n) is 2.93. The highest BCUT2D eigenvalue weighted by atomic mass is 14.9. The molecule has 0 saturated carbocycles. The third-order valence-corrected chi connectivity index (χ3v) is 4.74. The minimum atomic E-state index is 0.135. The van der Waals surface area contributed by atoms with Gasteiger partial charge in [0.25, 0.3) is 0 Å². The van der Waals surface area contributed by atoms with Crippen LogP contribution in [0.1, 0.15) is 106 Å². The van der Waals surface area contributed by atoms with Crippen molar-refractivity contribution in [1.82, 2.24) is 15.3 Å². The van der Waals surface area contributed by atoms with Crippen LogP contribution in [0.25, 0.3) is 0 Å². The van der Waals surface area contributed by atoms with E-state index in [-0.39, 0.29) is 16.4 Å². The predicted octanol–water partition coefficient (Wildman–Crippen LogP) is 7.23. The van der Waals surface area contributed by atoms with E-state index in [0.717, 1.165) is 18.7 Å². The average molecular weight is 426 g/mol. The Kier molecular flexibility index (Phi) is 9.03. The van der Waals surface area contributed by atoms with Crippen LogP contribution in [0, 0.1) is 5.41 Å². The summed E-state index contributed by atoms with van der Waals surface area (Å²) in [6.45, 7) is 27.3. The molecular formula is C28H47N3. The third kappa shape index (κ3) is 11.4. The highest BCUT2D eigenvalue weighted by Crippen LogP contribution is 2.23. The predicted molar refractivity (Wildman–Crippen MR) is 136 cm³/mol. The molecular weight excluding hydrogens is 378 g/mol. The molecule has 0 radical (unpaired) electrons. The highest BCUT2D eigenvalue weighted by Gasteiger charge is 2.17. The lowest BCUT2D eigenvalue weighted by atomic mass is 9.87. The van der Waals surface area contributed by atoms with Crippen LogP contribution in [0.5, 0.6) is 0 Å². The van der Waals surface area contributed by atoms with E-state index in [1.165, 1.54) is 16.8 Å². The number of aromatic nitrogens is 2. The van der Waals surface area contributed by atoms with Gasteiger partial charge in [-0.3, -0.25) is 9.97 Å². The minimum Gasteiger partial charge on any atom is -0.308 e. The van der Waals surface area contributed by atoms with E-state index < -0.39 is 0 Å². The molecule has 174 valence electrons. The molecule has 0 amide bonds. The molecule has 0 bridgehead atoms. The number of hydrogen-bond acceptors (Lipinski definition) is 3. The van der Waals surface area contributed by atoms with Crippen molar-refractivity contribution in [3.05, 3.63) is 59.2 Å². The van der Waals surface area contributed by atoms with E-state index in [0.29, 0.717) is 5.41 Å². The van der Waals surface area contributed by atoms with Gasteiger partial charge < -0.3 is 5.32 Å². The van der Waals surface area contributed by atoms with Gasteiger partial charge in [0.2, 0.25) is 0 Å². The second-order valence-electron chi connectivity index (χ2n) is 12.9. The Hall–Kier alpha value is -1.74. The van der Waals surface area contributed by atoms with E-state index in [1.807, 2.05) is 12.4 Å². The SMILES string of the molecule is CC(C)(C)Cc1ccc(C(C)(C)C)nc1.CC(C)(C)NCc1ccc(C(C)(C)C)nc1. The summed E-state index contributed by atoms with van der Waals surface area (Å²) in [5.41, 5.74) is 5.66. The minimum absolute atomic E-state index is 0.135. The second-order valence-corrected chi connectivity index (χ2v) is 12.9. The molecule has 0 saturated heterocycles. The van der Waals surface area contributed by atoms with Gasteiger partial charge in [-0.1, -0.05) is 74.4 Å². The summed E-state index contributed by atoms with van der Waals surface area (Å²) in [6.07, 6.45) is 5.08. The summed E-state index contributed by atoms with van der Waals surface area (Å²) in [5, 5.41) is 3.46. The van der Waals surface area contributed by atoms with Crippen LogP contribution in [0.15, 0.2) is 36.7 Å². The normalized spacial score (nSPS) is 12.9. The van der Waals surface area contributed by atoms with E-state index in [1.54, 1.807) is 0 Å². The Morgan fingerprint density at radius 1 is 0.613 bits per heavy atom. The molecule has 1 N–H and O–H groups in total. The summed E-state index contributed by atoms with van der Waals surface area (Å²) < 4.78 is 0. The zero-order chi connectivity index (χ0) is 24.1. The fraction of sp³-hybridized carbons (Fsp3) is 0.643. The van der Waals surface area contributed by atoms with Gasteiger partial charge in [0.1, 0.15) is 0 Å². The smallest absolute Gasteiger partial charge is 0.0457 e. The second kappa shape index (κ2) is 10.3. The van der Waals surface area contributed by atoms with E-state index in [2.05, 4.69) is 123 Å². The van der Waals surface area contributed by atoms with Crippen LogP contribution in [0.3, 0.4) is 0 Å². The van der Waals surface area contributed by atoms with Crippen molar-refractivity contribution >= 4 is 0 Å². The van der Waals surface area contributed by atoms with Crippen molar-refractivity contribution < 1.29 is 0 Å². The van der Waals surface area contributed by atoms with Gasteiger partial charge in [-0.05, 0) is 55.9 Å². The van der Waals surface area contributed by atoms with Crippen molar-refractivity contribution in [2.24, 2.45) is 5.41 Å². The summed E-state index contributed by atoms with van der Waals surface area (Å²) in [4.78, 5) is 9.04. The maximum absolute atomic E-state index is 4.53. The van der Waals surface area contributed by atoms with Gasteiger partial charge in [-0.25, -0.2) is 0 Å². The number of nitrogens with one attached hydrogen (secondary N) is 1. The molecule has 0 atom stereocenters. The quantitative estimate of drug-likeness (QED) is 0.563. The number of hydrogen-bond donors (Lipinski definition) is 1. The van der Waals surface area contributed by atoms with Gasteiger partial charge in [0.05, 0.1) is 0 Å². The molecule has 0 fully saturated rings. The molecule has 3 nitrogen and oxygen atoms in total. The first-order chi connectivity index (χ1) is 13.9. The molecule has 2 aromatic rings. The zero-order valence-electron chi connectivity index (χ0n) is 22.3. The number of nitrogens with zero attached hydrogens (tertiary/aromatic N) is 2. The Labute approximate surface area is 192 Å². The van der Waals surface area contributed by atoms with Crippen molar-refractivity contribution in [2.75, 3.05) is 0 Å². The Morgan fingerprint density at radius 2 is 1.03 bits per heavy atom. The molecule has 2 rings (SSSR count). The van der Waals surface area contributed by atoms with Crippen molar-refractivity contribution in [3.8, 4) is 0 Å². The lowest BCUT2D eigenvalue weighted by Gasteiger charge is -2.21. The third-order valence-electron chi connectivity index (χ3n) is 4.74. The number of pyridine rings is 2. The monoisotopic (exact) mass is 425 g/mol. The van der Waals surface area contributed by atoms with Crippen LogP contribution >= 0.6 is 0 Å². The van der Waals surface area contributed by atoms with Gasteiger partial charge in [0.15, 0.2) is 0 Å². The molecule has 3 heteroatoms. The first-order valence-electron chi connectivity index (χ1n) is 11.5. The largest absolute Gasteiger partial charge is 0.308 e. The van der Waals surface area contributed by atoms with Crippen molar-refractivity contribution in [2.45, 2.75) is 112 Å². The fourth-order valence-corrected chi connectivity index (χ4v) is 2.93. The van der Waals surface area contributed by atoms with Gasteiger partial charge in [-0.15, -0.1) is 0 Å². The molecule has 0 unspecified atom stereocenters. The lowest BCUT2D eigenvalue weighted by molar-refractivity contribution is 0.410. The molecule has 0 aliphatic heterocycles. The summed E-state index contributed by atoms with van der Waals surface area (Å²) >= 11 is 0. The van der Waals surface area contributed by atoms with Gasteiger partial charge >= 0.3 is 0 Å². The van der Waals surface area contributed by atoms with Crippen molar-refractivity contribution in [1.29, 1.82) is 0 Å². The summed E-state index contributed by atoms with van der Waals surface area (Å²) in [5.74, 6) is 0. The molecule has 2 heterocycles. The topological polar surface area (TPSA) is 37.8 Å². The summed E-state index contributed by atoms with van der Waals surface area (Å²) in [7, 11) is 0. The highest BCUT2D eigenvalue weighted by molar-refractivity contribution is 5.20. The van der Waals surface area contributed by atoms with Crippen LogP contribution in [-0.4, -0.2) is 15.5 Å². The first-order valence-corrected chi connectivity index (χ1v) is 11.5. The van der Waals surface area contributed by atoms with Crippen molar-refractivity contribution in [3.63, 3.8) is 0 Å². The summed E-state index contributed by atoms with van der Waals surface area (Å²) in [6, 6.07) is 8.64. The van der Waals surface area contributed by atoms with E-state index in [4.69, 9.17) is 0 Å². The molecule has 0 spiro atoms. The zero-order valence-corrected chi connectivity index (χ0v) is 22.3. The Bertz CT molecular complexity index is 775. The van der Waals surface area contributed by atoms with Crippen LogP contribution < -0.4 is 5.32 Å². The van der Waals surface area contributed by atoms with Gasteiger partial charge in [0, 0.05) is 46.7 Å². The number of rotatable bonds is 3.